The molecule has 2 aromatic carbocycles. The first-order valence-corrected chi connectivity index (χ1v) is 9.84. The molecule has 0 aliphatic heterocycles. The molecule has 1 heterocycles. The Bertz CT molecular complexity index is 1200. The van der Waals surface area contributed by atoms with Crippen molar-refractivity contribution in [2.75, 3.05) is 19.0 Å². The van der Waals surface area contributed by atoms with Crippen LogP contribution in [0.1, 0.15) is 27.8 Å². The number of para-hydroxylation sites is 1. The maximum Gasteiger partial charge on any atom is 0.340 e. The minimum absolute atomic E-state index is 0.156. The fraction of sp³-hybridized carbons (Fsp3) is 0.292. The molecule has 7 heteroatoms. The molecule has 0 unspecified atom stereocenters. The van der Waals surface area contributed by atoms with E-state index >= 15 is 0 Å². The zero-order valence-electron chi connectivity index (χ0n) is 18.3. The van der Waals surface area contributed by atoms with Gasteiger partial charge < -0.3 is 19.2 Å². The highest BCUT2D eigenvalue weighted by Crippen LogP contribution is 2.29. The molecule has 0 atom stereocenters. The summed E-state index contributed by atoms with van der Waals surface area (Å²) in [5.74, 6) is -0.364. The van der Waals surface area contributed by atoms with Gasteiger partial charge in [-0.05, 0) is 56.5 Å². The number of methoxy groups -OCH3 is 1. The van der Waals surface area contributed by atoms with E-state index < -0.39 is 11.6 Å². The van der Waals surface area contributed by atoms with Crippen LogP contribution < -0.4 is 15.7 Å². The lowest BCUT2D eigenvalue weighted by molar-refractivity contribution is -0.139. The van der Waals surface area contributed by atoms with Gasteiger partial charge in [-0.25, -0.2) is 4.79 Å². The molecule has 0 aliphatic carbocycles. The number of nitrogens with one attached hydrogen (secondary N) is 1. The second-order valence-corrected chi connectivity index (χ2v) is 7.42. The van der Waals surface area contributed by atoms with Gasteiger partial charge in [0.15, 0.2) is 6.61 Å². The van der Waals surface area contributed by atoms with Crippen LogP contribution in [0.3, 0.4) is 0 Å². The average molecular weight is 423 g/mol. The summed E-state index contributed by atoms with van der Waals surface area (Å²) >= 11 is 0. The zero-order chi connectivity index (χ0) is 22.7. The van der Waals surface area contributed by atoms with Gasteiger partial charge in [0.2, 0.25) is 0 Å². The molecule has 31 heavy (non-hydrogen) atoms. The van der Waals surface area contributed by atoms with Crippen LogP contribution in [0.4, 0.5) is 5.69 Å². The molecule has 7 nitrogen and oxygen atoms in total. The number of carbonyl (C=O) groups excluding carboxylic acids is 2. The molecule has 0 saturated carbocycles. The Morgan fingerprint density at radius 3 is 2.32 bits per heavy atom. The SMILES string of the molecule is COC(=O)Cc1c(C)c2ccc(OCC(=O)Nc3c(C)cccc3C)c(C)c2oc1=O. The summed E-state index contributed by atoms with van der Waals surface area (Å²) in [6, 6.07) is 9.26. The fourth-order valence-electron chi connectivity index (χ4n) is 3.48. The van der Waals surface area contributed by atoms with Crippen LogP contribution in [-0.2, 0) is 20.7 Å². The maximum absolute atomic E-state index is 12.4. The van der Waals surface area contributed by atoms with Crippen molar-refractivity contribution >= 4 is 28.5 Å². The molecular formula is C24H25NO6. The average Bonchev–Trinajstić information content (AvgIpc) is 2.73. The molecule has 3 aromatic rings. The van der Waals surface area contributed by atoms with Gasteiger partial charge in [0.25, 0.3) is 5.91 Å². The quantitative estimate of drug-likeness (QED) is 0.479. The summed E-state index contributed by atoms with van der Waals surface area (Å²) in [5, 5.41) is 3.57. The molecule has 1 amide bonds. The summed E-state index contributed by atoms with van der Waals surface area (Å²) < 4.78 is 15.8. The molecule has 0 radical (unpaired) electrons. The third kappa shape index (κ3) is 4.60. The fourth-order valence-corrected chi connectivity index (χ4v) is 3.48. The summed E-state index contributed by atoms with van der Waals surface area (Å²) in [7, 11) is 1.27. The predicted octanol–water partition coefficient (Wildman–Crippen LogP) is 3.76. The number of fused-ring (bicyclic) bond motifs is 1. The summed E-state index contributed by atoms with van der Waals surface area (Å²) in [5.41, 5.74) is 3.99. The van der Waals surface area contributed by atoms with E-state index in [1.165, 1.54) is 7.11 Å². The zero-order valence-corrected chi connectivity index (χ0v) is 18.3. The second kappa shape index (κ2) is 9.04. The molecule has 1 N–H and O–H groups in total. The number of carbonyl (C=O) groups is 2. The van der Waals surface area contributed by atoms with Crippen LogP contribution in [-0.4, -0.2) is 25.6 Å². The van der Waals surface area contributed by atoms with Crippen LogP contribution >= 0.6 is 0 Å². The number of anilines is 1. The number of aryl methyl sites for hydroxylation is 4. The molecule has 1 aromatic heterocycles. The van der Waals surface area contributed by atoms with E-state index in [1.54, 1.807) is 26.0 Å². The van der Waals surface area contributed by atoms with Crippen molar-refractivity contribution in [2.45, 2.75) is 34.1 Å². The molecule has 0 bridgehead atoms. The van der Waals surface area contributed by atoms with E-state index in [9.17, 15) is 14.4 Å². The highest BCUT2D eigenvalue weighted by atomic mass is 16.5. The van der Waals surface area contributed by atoms with Crippen molar-refractivity contribution in [3.8, 4) is 5.75 Å². The van der Waals surface area contributed by atoms with Crippen molar-refractivity contribution in [1.82, 2.24) is 0 Å². The number of amides is 1. The Hall–Kier alpha value is -3.61. The van der Waals surface area contributed by atoms with Crippen LogP contribution in [0.5, 0.6) is 5.75 Å². The van der Waals surface area contributed by atoms with Crippen LogP contribution in [0.15, 0.2) is 39.5 Å². The Kier molecular flexibility index (Phi) is 6.44. The van der Waals surface area contributed by atoms with E-state index in [2.05, 4.69) is 10.1 Å². The standard InChI is InChI=1S/C24H25NO6/c1-13-7-6-8-14(2)22(13)25-20(26)12-30-19-10-9-17-15(3)18(11-21(27)29-5)24(28)31-23(17)16(19)4/h6-10H,11-12H2,1-5H3,(H,25,26). The number of rotatable bonds is 6. The monoisotopic (exact) mass is 423 g/mol. The Labute approximate surface area is 180 Å². The number of benzene rings is 2. The van der Waals surface area contributed by atoms with Gasteiger partial charge in [0.05, 0.1) is 19.1 Å². The minimum Gasteiger partial charge on any atom is -0.483 e. The highest BCUT2D eigenvalue weighted by molar-refractivity contribution is 5.93. The number of hydrogen-bond donors (Lipinski definition) is 1. The van der Waals surface area contributed by atoms with Gasteiger partial charge in [-0.15, -0.1) is 0 Å². The first-order valence-electron chi connectivity index (χ1n) is 9.84. The van der Waals surface area contributed by atoms with Crippen molar-refractivity contribution in [3.63, 3.8) is 0 Å². The van der Waals surface area contributed by atoms with Gasteiger partial charge in [-0.2, -0.15) is 0 Å². The van der Waals surface area contributed by atoms with E-state index in [-0.39, 0.29) is 24.5 Å². The predicted molar refractivity (Wildman–Crippen MR) is 118 cm³/mol. The van der Waals surface area contributed by atoms with E-state index in [4.69, 9.17) is 9.15 Å². The third-order valence-electron chi connectivity index (χ3n) is 5.31. The number of ether oxygens (including phenoxy) is 2. The Morgan fingerprint density at radius 1 is 1.00 bits per heavy atom. The number of esters is 1. The van der Waals surface area contributed by atoms with Crippen LogP contribution in [0.2, 0.25) is 0 Å². The maximum atomic E-state index is 12.4. The minimum atomic E-state index is -0.594. The topological polar surface area (TPSA) is 94.8 Å². The third-order valence-corrected chi connectivity index (χ3v) is 5.31. The van der Waals surface area contributed by atoms with E-state index in [0.717, 1.165) is 16.8 Å². The largest absolute Gasteiger partial charge is 0.483 e. The van der Waals surface area contributed by atoms with Gasteiger partial charge in [-0.1, -0.05) is 18.2 Å². The molecule has 0 saturated heterocycles. The van der Waals surface area contributed by atoms with E-state index in [1.807, 2.05) is 32.0 Å². The smallest absolute Gasteiger partial charge is 0.340 e. The van der Waals surface area contributed by atoms with E-state index in [0.29, 0.717) is 27.8 Å². The Morgan fingerprint density at radius 2 is 1.68 bits per heavy atom. The molecule has 0 spiro atoms. The summed E-state index contributed by atoms with van der Waals surface area (Å²) in [4.78, 5) is 36.4. The van der Waals surface area contributed by atoms with Crippen molar-refractivity contribution in [2.24, 2.45) is 0 Å². The van der Waals surface area contributed by atoms with Gasteiger partial charge >= 0.3 is 11.6 Å². The molecule has 0 fully saturated rings. The van der Waals surface area contributed by atoms with Crippen molar-refractivity contribution in [3.05, 3.63) is 68.6 Å². The first kappa shape index (κ1) is 22.1. The van der Waals surface area contributed by atoms with Crippen molar-refractivity contribution < 1.29 is 23.5 Å². The highest BCUT2D eigenvalue weighted by Gasteiger charge is 2.18. The van der Waals surface area contributed by atoms with Crippen LogP contribution in [0.25, 0.3) is 11.0 Å². The molecular weight excluding hydrogens is 398 g/mol. The molecule has 0 aliphatic rings. The lowest BCUT2D eigenvalue weighted by Gasteiger charge is -2.14. The van der Waals surface area contributed by atoms with Gasteiger partial charge in [0.1, 0.15) is 11.3 Å². The van der Waals surface area contributed by atoms with Crippen molar-refractivity contribution in [1.29, 1.82) is 0 Å². The lowest BCUT2D eigenvalue weighted by Crippen LogP contribution is -2.21. The molecule has 162 valence electrons. The second-order valence-electron chi connectivity index (χ2n) is 7.42. The number of hydrogen-bond acceptors (Lipinski definition) is 6. The lowest BCUT2D eigenvalue weighted by atomic mass is 10.0. The first-order chi connectivity index (χ1) is 14.7. The normalized spacial score (nSPS) is 10.7. The van der Waals surface area contributed by atoms with Gasteiger partial charge in [-0.3, -0.25) is 9.59 Å². The summed E-state index contributed by atoms with van der Waals surface area (Å²) in [6.45, 7) is 7.17. The van der Waals surface area contributed by atoms with Gasteiger partial charge in [0, 0.05) is 16.6 Å². The Balaban J connectivity index is 1.83. The summed E-state index contributed by atoms with van der Waals surface area (Å²) in [6.07, 6.45) is -0.156. The van der Waals surface area contributed by atoms with Crippen LogP contribution in [0, 0.1) is 27.7 Å². The molecule has 3 rings (SSSR count).